The summed E-state index contributed by atoms with van der Waals surface area (Å²) in [5.74, 6) is 0.831. The lowest BCUT2D eigenvalue weighted by Crippen LogP contribution is -2.20. The number of aromatic hydroxyl groups is 1. The van der Waals surface area contributed by atoms with Crippen molar-refractivity contribution in [1.82, 2.24) is 20.2 Å². The molecule has 36 heavy (non-hydrogen) atoms. The zero-order valence-electron chi connectivity index (χ0n) is 20.0. The van der Waals surface area contributed by atoms with Crippen molar-refractivity contribution in [2.75, 3.05) is 20.0 Å². The van der Waals surface area contributed by atoms with Crippen molar-refractivity contribution in [2.24, 2.45) is 5.10 Å². The molecule has 0 saturated carbocycles. The Bertz CT molecular complexity index is 1350. The summed E-state index contributed by atoms with van der Waals surface area (Å²) in [6.45, 7) is 2.03. The highest BCUT2D eigenvalue weighted by molar-refractivity contribution is 7.99. The average molecular weight is 504 g/mol. The molecule has 0 bridgehead atoms. The number of thioether (sulfide) groups is 1. The Morgan fingerprint density at radius 1 is 1.06 bits per heavy atom. The molecular weight excluding hydrogens is 478 g/mol. The third kappa shape index (κ3) is 5.66. The zero-order chi connectivity index (χ0) is 25.5. The van der Waals surface area contributed by atoms with E-state index in [4.69, 9.17) is 9.47 Å². The molecule has 2 N–H and O–H groups in total. The molecular formula is C26H25N5O4S. The maximum absolute atomic E-state index is 12.5. The van der Waals surface area contributed by atoms with Crippen LogP contribution in [0.2, 0.25) is 0 Å². The maximum atomic E-state index is 12.5. The molecule has 3 aromatic carbocycles. The van der Waals surface area contributed by atoms with Crippen LogP contribution in [0, 0.1) is 6.92 Å². The Morgan fingerprint density at radius 2 is 1.72 bits per heavy atom. The van der Waals surface area contributed by atoms with Crippen LogP contribution in [0.15, 0.2) is 77.0 Å². The molecule has 1 amide bonds. The largest absolute Gasteiger partial charge is 0.502 e. The lowest BCUT2D eigenvalue weighted by molar-refractivity contribution is -0.118. The molecule has 0 atom stereocenters. The predicted molar refractivity (Wildman–Crippen MR) is 139 cm³/mol. The summed E-state index contributed by atoms with van der Waals surface area (Å²) in [6.07, 6.45) is 1.44. The number of carbonyl (C=O) groups is 1. The number of amides is 1. The highest BCUT2D eigenvalue weighted by Crippen LogP contribution is 2.36. The molecule has 184 valence electrons. The number of hydrogen-bond acceptors (Lipinski definition) is 8. The van der Waals surface area contributed by atoms with E-state index in [0.717, 1.165) is 16.8 Å². The molecule has 1 heterocycles. The fraction of sp³-hybridized carbons (Fsp3) is 0.154. The molecule has 0 fully saturated rings. The molecule has 0 radical (unpaired) electrons. The Labute approximate surface area is 212 Å². The number of phenolic OH excluding ortho intramolecular Hbond substituents is 1. The van der Waals surface area contributed by atoms with E-state index in [1.54, 1.807) is 12.1 Å². The smallest absolute Gasteiger partial charge is 0.250 e. The first-order valence-electron chi connectivity index (χ1n) is 11.0. The van der Waals surface area contributed by atoms with Gasteiger partial charge in [-0.05, 0) is 31.2 Å². The second-order valence-electron chi connectivity index (χ2n) is 7.70. The molecule has 0 spiro atoms. The number of hydrazone groups is 1. The number of ether oxygens (including phenoxy) is 2. The SMILES string of the molecule is COc1cc(C=NNC(=O)CSc2nnc(-c3ccccc3)n2-c2ccc(C)cc2)cc(OC)c1O. The summed E-state index contributed by atoms with van der Waals surface area (Å²) in [4.78, 5) is 12.5. The highest BCUT2D eigenvalue weighted by Gasteiger charge is 2.17. The van der Waals surface area contributed by atoms with Crippen molar-refractivity contribution in [1.29, 1.82) is 0 Å². The van der Waals surface area contributed by atoms with Gasteiger partial charge in [-0.25, -0.2) is 5.43 Å². The van der Waals surface area contributed by atoms with Gasteiger partial charge in [-0.1, -0.05) is 59.8 Å². The molecule has 0 saturated heterocycles. The van der Waals surface area contributed by atoms with Crippen LogP contribution in [0.5, 0.6) is 17.2 Å². The van der Waals surface area contributed by atoms with Crippen molar-refractivity contribution in [3.63, 3.8) is 0 Å². The monoisotopic (exact) mass is 503 g/mol. The van der Waals surface area contributed by atoms with Crippen molar-refractivity contribution < 1.29 is 19.4 Å². The molecule has 4 rings (SSSR count). The number of phenols is 1. The summed E-state index contributed by atoms with van der Waals surface area (Å²) in [5.41, 5.74) is 6.06. The van der Waals surface area contributed by atoms with Crippen molar-refractivity contribution in [2.45, 2.75) is 12.1 Å². The maximum Gasteiger partial charge on any atom is 0.250 e. The van der Waals surface area contributed by atoms with E-state index < -0.39 is 0 Å². The molecule has 0 aliphatic rings. The van der Waals surface area contributed by atoms with E-state index in [9.17, 15) is 9.90 Å². The molecule has 0 aliphatic carbocycles. The Balaban J connectivity index is 1.48. The molecule has 10 heteroatoms. The number of nitrogens with one attached hydrogen (secondary N) is 1. The first-order chi connectivity index (χ1) is 17.5. The number of methoxy groups -OCH3 is 2. The first-order valence-corrected chi connectivity index (χ1v) is 12.0. The van der Waals surface area contributed by atoms with Gasteiger partial charge in [-0.15, -0.1) is 10.2 Å². The molecule has 9 nitrogen and oxygen atoms in total. The second-order valence-corrected chi connectivity index (χ2v) is 8.64. The van der Waals surface area contributed by atoms with E-state index in [1.165, 1.54) is 32.2 Å². The van der Waals surface area contributed by atoms with Crippen LogP contribution in [-0.4, -0.2) is 52.0 Å². The minimum absolute atomic E-state index is 0.0817. The van der Waals surface area contributed by atoms with Gasteiger partial charge in [0.05, 0.1) is 26.2 Å². The standard InChI is InChI=1S/C26H25N5O4S/c1-17-9-11-20(12-10-17)31-25(19-7-5-4-6-8-19)29-30-26(31)36-16-23(32)28-27-15-18-13-21(34-2)24(33)22(14-18)35-3/h4-15,33H,16H2,1-3H3,(H,28,32). The lowest BCUT2D eigenvalue weighted by atomic mass is 10.2. The molecule has 0 unspecified atom stereocenters. The van der Waals surface area contributed by atoms with Crippen molar-refractivity contribution in [3.8, 4) is 34.3 Å². The first kappa shape index (κ1) is 24.8. The van der Waals surface area contributed by atoms with Crippen LogP contribution in [-0.2, 0) is 4.79 Å². The summed E-state index contributed by atoms with van der Waals surface area (Å²) in [5, 5.41) is 23.3. The number of aryl methyl sites for hydroxylation is 1. The number of carbonyl (C=O) groups excluding carboxylic acids is 1. The van der Waals surface area contributed by atoms with Crippen LogP contribution >= 0.6 is 11.8 Å². The van der Waals surface area contributed by atoms with E-state index in [2.05, 4.69) is 20.7 Å². The zero-order valence-corrected chi connectivity index (χ0v) is 20.8. The quantitative estimate of drug-likeness (QED) is 0.200. The molecule has 0 aliphatic heterocycles. The van der Waals surface area contributed by atoms with Crippen LogP contribution in [0.25, 0.3) is 17.1 Å². The summed E-state index contributed by atoms with van der Waals surface area (Å²) >= 11 is 1.26. The number of benzene rings is 3. The van der Waals surface area contributed by atoms with Crippen LogP contribution in [0.1, 0.15) is 11.1 Å². The lowest BCUT2D eigenvalue weighted by Gasteiger charge is -2.10. The van der Waals surface area contributed by atoms with Gasteiger partial charge in [0.1, 0.15) is 0 Å². The van der Waals surface area contributed by atoms with Gasteiger partial charge in [0.25, 0.3) is 5.91 Å². The van der Waals surface area contributed by atoms with Gasteiger partial charge in [0, 0.05) is 16.8 Å². The number of nitrogens with zero attached hydrogens (tertiary/aromatic N) is 4. The number of hydrogen-bond donors (Lipinski definition) is 2. The topological polar surface area (TPSA) is 111 Å². The average Bonchev–Trinajstić information content (AvgIpc) is 3.33. The fourth-order valence-corrected chi connectivity index (χ4v) is 4.14. The number of aromatic nitrogens is 3. The van der Waals surface area contributed by atoms with E-state index in [1.807, 2.05) is 66.1 Å². The second kappa shape index (κ2) is 11.4. The minimum atomic E-state index is -0.311. The van der Waals surface area contributed by atoms with Crippen molar-refractivity contribution >= 4 is 23.9 Å². The normalized spacial score (nSPS) is 11.0. The summed E-state index contributed by atoms with van der Waals surface area (Å²) in [7, 11) is 2.87. The van der Waals surface area contributed by atoms with Crippen molar-refractivity contribution in [3.05, 3.63) is 77.9 Å². The van der Waals surface area contributed by atoms with Crippen LogP contribution in [0.4, 0.5) is 0 Å². The Kier molecular flexibility index (Phi) is 7.86. The third-order valence-electron chi connectivity index (χ3n) is 5.19. The van der Waals surface area contributed by atoms with Gasteiger partial charge in [0.2, 0.25) is 5.75 Å². The van der Waals surface area contributed by atoms with Crippen LogP contribution in [0.3, 0.4) is 0 Å². The van der Waals surface area contributed by atoms with E-state index in [0.29, 0.717) is 16.5 Å². The molecule has 1 aromatic heterocycles. The predicted octanol–water partition coefficient (Wildman–Crippen LogP) is 4.21. The Morgan fingerprint density at radius 3 is 2.36 bits per heavy atom. The number of rotatable bonds is 9. The van der Waals surface area contributed by atoms with Gasteiger partial charge < -0.3 is 14.6 Å². The third-order valence-corrected chi connectivity index (χ3v) is 6.12. The summed E-state index contributed by atoms with van der Waals surface area (Å²) < 4.78 is 12.2. The highest BCUT2D eigenvalue weighted by atomic mass is 32.2. The van der Waals surface area contributed by atoms with Crippen LogP contribution < -0.4 is 14.9 Å². The van der Waals surface area contributed by atoms with Gasteiger partial charge in [0.15, 0.2) is 22.5 Å². The molecule has 4 aromatic rings. The minimum Gasteiger partial charge on any atom is -0.502 e. The van der Waals surface area contributed by atoms with Gasteiger partial charge in [-0.3, -0.25) is 9.36 Å². The van der Waals surface area contributed by atoms with E-state index in [-0.39, 0.29) is 28.9 Å². The summed E-state index contributed by atoms with van der Waals surface area (Å²) in [6, 6.07) is 21.0. The van der Waals surface area contributed by atoms with Gasteiger partial charge in [-0.2, -0.15) is 5.10 Å². The van der Waals surface area contributed by atoms with Gasteiger partial charge >= 0.3 is 0 Å². The van der Waals surface area contributed by atoms with E-state index >= 15 is 0 Å². The fourth-order valence-electron chi connectivity index (χ4n) is 3.39. The Hall–Kier alpha value is -4.31.